The molecule has 0 aliphatic rings. The Morgan fingerprint density at radius 2 is 1.83 bits per heavy atom. The minimum atomic E-state index is -0.280. The van der Waals surface area contributed by atoms with E-state index in [1.165, 1.54) is 0 Å². The van der Waals surface area contributed by atoms with Crippen molar-refractivity contribution in [2.45, 2.75) is 6.42 Å². The highest BCUT2D eigenvalue weighted by Gasteiger charge is 2.10. The van der Waals surface area contributed by atoms with Crippen LogP contribution in [0.4, 0.5) is 17.3 Å². The Hall–Kier alpha value is -3.61. The smallest absolute Gasteiger partial charge is 0.274 e. The molecular weight excluding hydrogens is 366 g/mol. The first-order valence-electron chi connectivity index (χ1n) is 9.34. The third kappa shape index (κ3) is 5.44. The molecular formula is C22H25N5O2. The van der Waals surface area contributed by atoms with Crippen LogP contribution in [0, 0.1) is 0 Å². The van der Waals surface area contributed by atoms with E-state index in [-0.39, 0.29) is 5.91 Å². The van der Waals surface area contributed by atoms with Crippen LogP contribution in [0.5, 0.6) is 5.75 Å². The van der Waals surface area contributed by atoms with E-state index in [0.29, 0.717) is 23.9 Å². The molecule has 7 heteroatoms. The summed E-state index contributed by atoms with van der Waals surface area (Å²) in [4.78, 5) is 23.0. The number of carbonyl (C=O) groups excluding carboxylic acids is 1. The summed E-state index contributed by atoms with van der Waals surface area (Å²) in [5.41, 5.74) is 3.17. The summed E-state index contributed by atoms with van der Waals surface area (Å²) in [6.07, 6.45) is 2.32. The first-order valence-corrected chi connectivity index (χ1v) is 9.34. The van der Waals surface area contributed by atoms with Gasteiger partial charge in [0.15, 0.2) is 0 Å². The van der Waals surface area contributed by atoms with E-state index in [2.05, 4.69) is 20.6 Å². The van der Waals surface area contributed by atoms with Crippen LogP contribution >= 0.6 is 0 Å². The number of ether oxygens (including phenoxy) is 1. The Labute approximate surface area is 170 Å². The lowest BCUT2D eigenvalue weighted by atomic mass is 10.1. The molecule has 3 aromatic rings. The maximum atomic E-state index is 12.5. The van der Waals surface area contributed by atoms with E-state index in [0.717, 1.165) is 23.4 Å². The average Bonchev–Trinajstić information content (AvgIpc) is 2.74. The second kappa shape index (κ2) is 9.54. The lowest BCUT2D eigenvalue weighted by molar-refractivity contribution is 0.102. The minimum Gasteiger partial charge on any atom is -0.496 e. The number of amides is 1. The van der Waals surface area contributed by atoms with Gasteiger partial charge in [0, 0.05) is 38.2 Å². The highest BCUT2D eigenvalue weighted by atomic mass is 16.5. The molecule has 2 N–H and O–H groups in total. The van der Waals surface area contributed by atoms with Crippen molar-refractivity contribution in [1.82, 2.24) is 9.97 Å². The zero-order valence-electron chi connectivity index (χ0n) is 16.8. The van der Waals surface area contributed by atoms with Gasteiger partial charge in [-0.15, -0.1) is 0 Å². The summed E-state index contributed by atoms with van der Waals surface area (Å²) in [6, 6.07) is 17.1. The monoisotopic (exact) mass is 391 g/mol. The lowest BCUT2D eigenvalue weighted by Crippen LogP contribution is -2.16. The number of hydrogen-bond donors (Lipinski definition) is 2. The van der Waals surface area contributed by atoms with Crippen LogP contribution in [0.25, 0.3) is 0 Å². The highest BCUT2D eigenvalue weighted by Crippen LogP contribution is 2.18. The van der Waals surface area contributed by atoms with Gasteiger partial charge < -0.3 is 20.3 Å². The van der Waals surface area contributed by atoms with Crippen LogP contribution in [-0.4, -0.2) is 43.6 Å². The molecule has 0 aliphatic carbocycles. The highest BCUT2D eigenvalue weighted by molar-refractivity contribution is 6.03. The quantitative estimate of drug-likeness (QED) is 0.612. The number of para-hydroxylation sites is 1. The molecule has 0 saturated heterocycles. The fourth-order valence-corrected chi connectivity index (χ4v) is 2.83. The van der Waals surface area contributed by atoms with Gasteiger partial charge in [-0.3, -0.25) is 4.79 Å². The number of aromatic nitrogens is 2. The van der Waals surface area contributed by atoms with E-state index in [1.54, 1.807) is 19.4 Å². The van der Waals surface area contributed by atoms with E-state index < -0.39 is 0 Å². The molecule has 1 amide bonds. The van der Waals surface area contributed by atoms with Crippen molar-refractivity contribution in [2.24, 2.45) is 0 Å². The summed E-state index contributed by atoms with van der Waals surface area (Å²) in [5.74, 6) is 0.983. The largest absolute Gasteiger partial charge is 0.496 e. The summed E-state index contributed by atoms with van der Waals surface area (Å²) < 4.78 is 5.36. The topological polar surface area (TPSA) is 79.4 Å². The number of carbonyl (C=O) groups is 1. The van der Waals surface area contributed by atoms with Gasteiger partial charge in [0.05, 0.1) is 7.11 Å². The Balaban J connectivity index is 1.59. The van der Waals surface area contributed by atoms with Crippen LogP contribution in [0.1, 0.15) is 16.1 Å². The number of methoxy groups -OCH3 is 1. The minimum absolute atomic E-state index is 0.280. The van der Waals surface area contributed by atoms with Crippen LogP contribution < -0.4 is 20.3 Å². The molecule has 150 valence electrons. The van der Waals surface area contributed by atoms with Gasteiger partial charge in [-0.1, -0.05) is 18.2 Å². The SMILES string of the molecule is COc1ccccc1CCNc1nccc(C(=O)Nc2ccc(N(C)C)cc2)n1. The van der Waals surface area contributed by atoms with Gasteiger partial charge in [-0.25, -0.2) is 9.97 Å². The van der Waals surface area contributed by atoms with Crippen molar-refractivity contribution in [1.29, 1.82) is 0 Å². The lowest BCUT2D eigenvalue weighted by Gasteiger charge is -2.13. The van der Waals surface area contributed by atoms with Crippen molar-refractivity contribution in [3.8, 4) is 5.75 Å². The fourth-order valence-electron chi connectivity index (χ4n) is 2.83. The van der Waals surface area contributed by atoms with Gasteiger partial charge in [0.2, 0.25) is 5.95 Å². The summed E-state index contributed by atoms with van der Waals surface area (Å²) in [6.45, 7) is 0.622. The molecule has 29 heavy (non-hydrogen) atoms. The van der Waals surface area contributed by atoms with Gasteiger partial charge in [-0.2, -0.15) is 0 Å². The van der Waals surface area contributed by atoms with Gasteiger partial charge in [0.25, 0.3) is 5.91 Å². The van der Waals surface area contributed by atoms with Crippen LogP contribution in [0.2, 0.25) is 0 Å². The standard InChI is InChI=1S/C22H25N5O2/c1-27(2)18-10-8-17(9-11-18)25-21(28)19-13-15-24-22(26-19)23-14-12-16-6-4-5-7-20(16)29-3/h4-11,13,15H,12,14H2,1-3H3,(H,25,28)(H,23,24,26). The number of nitrogens with zero attached hydrogens (tertiary/aromatic N) is 3. The predicted octanol–water partition coefficient (Wildman–Crippen LogP) is 3.46. The molecule has 0 bridgehead atoms. The summed E-state index contributed by atoms with van der Waals surface area (Å²) >= 11 is 0. The number of anilines is 3. The third-order valence-electron chi connectivity index (χ3n) is 4.40. The van der Waals surface area contributed by atoms with Crippen molar-refractivity contribution in [3.05, 3.63) is 72.1 Å². The third-order valence-corrected chi connectivity index (χ3v) is 4.40. The zero-order valence-corrected chi connectivity index (χ0v) is 16.8. The maximum Gasteiger partial charge on any atom is 0.274 e. The Kier molecular flexibility index (Phi) is 6.63. The molecule has 7 nitrogen and oxygen atoms in total. The van der Waals surface area contributed by atoms with Gasteiger partial charge in [-0.05, 0) is 48.4 Å². The number of benzene rings is 2. The molecule has 1 aromatic heterocycles. The summed E-state index contributed by atoms with van der Waals surface area (Å²) in [5, 5.41) is 6.02. The molecule has 3 rings (SSSR count). The Bertz CT molecular complexity index is 957. The van der Waals surface area contributed by atoms with Crippen LogP contribution in [0.15, 0.2) is 60.8 Å². The molecule has 0 spiro atoms. The summed E-state index contributed by atoms with van der Waals surface area (Å²) in [7, 11) is 5.60. The van der Waals surface area contributed by atoms with Gasteiger partial charge in [0.1, 0.15) is 11.4 Å². The van der Waals surface area contributed by atoms with E-state index >= 15 is 0 Å². The maximum absolute atomic E-state index is 12.5. The van der Waals surface area contributed by atoms with E-state index in [1.807, 2.05) is 67.5 Å². The number of rotatable bonds is 8. The molecule has 0 aliphatic heterocycles. The average molecular weight is 391 g/mol. The van der Waals surface area contributed by atoms with E-state index in [9.17, 15) is 4.79 Å². The van der Waals surface area contributed by atoms with Crippen molar-refractivity contribution >= 4 is 23.2 Å². The molecule has 0 unspecified atom stereocenters. The number of nitrogens with one attached hydrogen (secondary N) is 2. The molecule has 0 atom stereocenters. The molecule has 1 heterocycles. The normalized spacial score (nSPS) is 10.3. The van der Waals surface area contributed by atoms with Crippen LogP contribution in [-0.2, 0) is 6.42 Å². The second-order valence-corrected chi connectivity index (χ2v) is 6.65. The molecule has 0 radical (unpaired) electrons. The number of hydrogen-bond acceptors (Lipinski definition) is 6. The van der Waals surface area contributed by atoms with Crippen LogP contribution in [0.3, 0.4) is 0 Å². The zero-order chi connectivity index (χ0) is 20.6. The first kappa shape index (κ1) is 20.1. The molecule has 2 aromatic carbocycles. The molecule has 0 fully saturated rings. The van der Waals surface area contributed by atoms with Crippen molar-refractivity contribution < 1.29 is 9.53 Å². The fraction of sp³-hybridized carbons (Fsp3) is 0.227. The second-order valence-electron chi connectivity index (χ2n) is 6.65. The Morgan fingerprint density at radius 3 is 2.55 bits per heavy atom. The van der Waals surface area contributed by atoms with E-state index in [4.69, 9.17) is 4.74 Å². The van der Waals surface area contributed by atoms with Crippen molar-refractivity contribution in [3.63, 3.8) is 0 Å². The van der Waals surface area contributed by atoms with Gasteiger partial charge >= 0.3 is 0 Å². The molecule has 0 saturated carbocycles. The Morgan fingerprint density at radius 1 is 1.07 bits per heavy atom. The first-order chi connectivity index (χ1) is 14.1. The van der Waals surface area contributed by atoms with Crippen molar-refractivity contribution in [2.75, 3.05) is 43.3 Å². The predicted molar refractivity (Wildman–Crippen MR) is 116 cm³/mol.